The molecule has 3 rings (SSSR count). The lowest BCUT2D eigenvalue weighted by Crippen LogP contribution is -2.43. The molecule has 2 aromatic carbocycles. The SMILES string of the molecule is Cc1cc(C(=O)O)ccc1NC(=O)CN1C(=O)COc2ccccc21. The van der Waals surface area contributed by atoms with Gasteiger partial charge in [-0.1, -0.05) is 12.1 Å². The Morgan fingerprint density at radius 3 is 2.72 bits per heavy atom. The van der Waals surface area contributed by atoms with Gasteiger partial charge in [0.15, 0.2) is 6.61 Å². The maximum Gasteiger partial charge on any atom is 0.335 e. The fraction of sp³-hybridized carbons (Fsp3) is 0.167. The number of hydrogen-bond donors (Lipinski definition) is 2. The summed E-state index contributed by atoms with van der Waals surface area (Å²) in [6.07, 6.45) is 0. The molecule has 0 aromatic heterocycles. The zero-order valence-electron chi connectivity index (χ0n) is 13.5. The van der Waals surface area contributed by atoms with Crippen molar-refractivity contribution in [3.05, 3.63) is 53.6 Å². The summed E-state index contributed by atoms with van der Waals surface area (Å²) in [5.41, 5.74) is 1.82. The van der Waals surface area contributed by atoms with Crippen molar-refractivity contribution in [2.24, 2.45) is 0 Å². The van der Waals surface area contributed by atoms with E-state index in [1.807, 2.05) is 0 Å². The fourth-order valence-corrected chi connectivity index (χ4v) is 2.60. The van der Waals surface area contributed by atoms with Crippen molar-refractivity contribution in [2.45, 2.75) is 6.92 Å². The number of carbonyl (C=O) groups is 3. The maximum absolute atomic E-state index is 12.3. The molecule has 0 unspecified atom stereocenters. The molecule has 0 radical (unpaired) electrons. The molecule has 128 valence electrons. The Labute approximate surface area is 143 Å². The predicted octanol–water partition coefficient (Wildman–Crippen LogP) is 2.06. The quantitative estimate of drug-likeness (QED) is 0.888. The first kappa shape index (κ1) is 16.5. The van der Waals surface area contributed by atoms with Crippen LogP contribution in [-0.2, 0) is 9.59 Å². The smallest absolute Gasteiger partial charge is 0.335 e. The van der Waals surface area contributed by atoms with Crippen molar-refractivity contribution in [3.8, 4) is 5.75 Å². The van der Waals surface area contributed by atoms with Gasteiger partial charge in [-0.25, -0.2) is 4.79 Å². The van der Waals surface area contributed by atoms with E-state index in [4.69, 9.17) is 9.84 Å². The molecule has 2 aromatic rings. The lowest BCUT2D eigenvalue weighted by atomic mass is 10.1. The van der Waals surface area contributed by atoms with E-state index >= 15 is 0 Å². The van der Waals surface area contributed by atoms with Crippen molar-refractivity contribution >= 4 is 29.2 Å². The number of carboxylic acid groups (broad SMARTS) is 1. The number of aromatic carboxylic acids is 1. The van der Waals surface area contributed by atoms with Gasteiger partial charge in [0.2, 0.25) is 5.91 Å². The summed E-state index contributed by atoms with van der Waals surface area (Å²) >= 11 is 0. The number of aryl methyl sites for hydroxylation is 1. The Balaban J connectivity index is 1.75. The van der Waals surface area contributed by atoms with E-state index in [0.717, 1.165) is 0 Å². The minimum Gasteiger partial charge on any atom is -0.482 e. The standard InChI is InChI=1S/C18H16N2O5/c1-11-8-12(18(23)24)6-7-13(11)19-16(21)9-20-14-4-2-3-5-15(14)25-10-17(20)22/h2-8H,9-10H2,1H3,(H,19,21)(H,23,24). The van der Waals surface area contributed by atoms with Crippen LogP contribution < -0.4 is 15.0 Å². The summed E-state index contributed by atoms with van der Waals surface area (Å²) in [7, 11) is 0. The molecule has 0 spiro atoms. The molecule has 7 nitrogen and oxygen atoms in total. The molecular formula is C18H16N2O5. The van der Waals surface area contributed by atoms with Gasteiger partial charge in [0.1, 0.15) is 12.3 Å². The van der Waals surface area contributed by atoms with E-state index in [1.165, 1.54) is 23.1 Å². The molecule has 0 fully saturated rings. The zero-order valence-corrected chi connectivity index (χ0v) is 13.5. The van der Waals surface area contributed by atoms with Crippen LogP contribution in [0.1, 0.15) is 15.9 Å². The number of amides is 2. The van der Waals surface area contributed by atoms with Gasteiger partial charge in [0.05, 0.1) is 11.3 Å². The summed E-state index contributed by atoms with van der Waals surface area (Å²) in [6, 6.07) is 11.4. The molecule has 0 atom stereocenters. The molecule has 1 aliphatic rings. The van der Waals surface area contributed by atoms with Crippen LogP contribution in [0.25, 0.3) is 0 Å². The van der Waals surface area contributed by atoms with E-state index in [-0.39, 0.29) is 30.5 Å². The maximum atomic E-state index is 12.3. The lowest BCUT2D eigenvalue weighted by Gasteiger charge is -2.28. The molecule has 0 aliphatic carbocycles. The largest absolute Gasteiger partial charge is 0.482 e. The molecule has 1 heterocycles. The number of rotatable bonds is 4. The van der Waals surface area contributed by atoms with Crippen molar-refractivity contribution in [1.82, 2.24) is 0 Å². The number of carboxylic acids is 1. The second kappa shape index (κ2) is 6.64. The van der Waals surface area contributed by atoms with Gasteiger partial charge in [-0.15, -0.1) is 0 Å². The van der Waals surface area contributed by atoms with E-state index in [9.17, 15) is 14.4 Å². The normalized spacial score (nSPS) is 13.0. The first-order chi connectivity index (χ1) is 12.0. The molecule has 0 saturated carbocycles. The van der Waals surface area contributed by atoms with Crippen LogP contribution in [0, 0.1) is 6.92 Å². The monoisotopic (exact) mass is 340 g/mol. The third-order valence-corrected chi connectivity index (χ3v) is 3.86. The first-order valence-corrected chi connectivity index (χ1v) is 7.61. The lowest BCUT2D eigenvalue weighted by molar-refractivity contribution is -0.123. The Kier molecular flexibility index (Phi) is 4.38. The molecule has 25 heavy (non-hydrogen) atoms. The number of nitrogens with zero attached hydrogens (tertiary/aromatic N) is 1. The van der Waals surface area contributed by atoms with Crippen LogP contribution in [0.3, 0.4) is 0 Å². The van der Waals surface area contributed by atoms with E-state index < -0.39 is 5.97 Å². The highest BCUT2D eigenvalue weighted by molar-refractivity contribution is 6.05. The first-order valence-electron chi connectivity index (χ1n) is 7.61. The molecule has 2 N–H and O–H groups in total. The van der Waals surface area contributed by atoms with Crippen molar-refractivity contribution in [2.75, 3.05) is 23.4 Å². The van der Waals surface area contributed by atoms with Crippen LogP contribution in [0.5, 0.6) is 5.75 Å². The Morgan fingerprint density at radius 1 is 1.24 bits per heavy atom. The number of fused-ring (bicyclic) bond motifs is 1. The molecular weight excluding hydrogens is 324 g/mol. The highest BCUT2D eigenvalue weighted by Crippen LogP contribution is 2.31. The number of ether oxygens (including phenoxy) is 1. The minimum absolute atomic E-state index is 0.114. The second-order valence-electron chi connectivity index (χ2n) is 5.62. The summed E-state index contributed by atoms with van der Waals surface area (Å²) in [6.45, 7) is 1.44. The van der Waals surface area contributed by atoms with Crippen LogP contribution >= 0.6 is 0 Å². The Morgan fingerprint density at radius 2 is 2.00 bits per heavy atom. The summed E-state index contributed by atoms with van der Waals surface area (Å²) in [4.78, 5) is 36.8. The van der Waals surface area contributed by atoms with E-state index in [0.29, 0.717) is 22.7 Å². The summed E-state index contributed by atoms with van der Waals surface area (Å²) in [5, 5.41) is 11.7. The Bertz CT molecular complexity index is 862. The average Bonchev–Trinajstić information content (AvgIpc) is 2.59. The number of para-hydroxylation sites is 2. The molecule has 7 heteroatoms. The average molecular weight is 340 g/mol. The van der Waals surface area contributed by atoms with Gasteiger partial charge in [-0.3, -0.25) is 14.5 Å². The van der Waals surface area contributed by atoms with Crippen molar-refractivity contribution in [1.29, 1.82) is 0 Å². The van der Waals surface area contributed by atoms with Gasteiger partial charge in [0, 0.05) is 5.69 Å². The summed E-state index contributed by atoms with van der Waals surface area (Å²) in [5.74, 6) is -1.16. The van der Waals surface area contributed by atoms with Crippen LogP contribution in [0.4, 0.5) is 11.4 Å². The molecule has 0 bridgehead atoms. The molecule has 2 amide bonds. The Hall–Kier alpha value is -3.35. The van der Waals surface area contributed by atoms with E-state index in [1.54, 1.807) is 31.2 Å². The highest BCUT2D eigenvalue weighted by Gasteiger charge is 2.27. The number of anilines is 2. The van der Waals surface area contributed by atoms with Crippen LogP contribution in [-0.4, -0.2) is 36.0 Å². The molecule has 0 saturated heterocycles. The second-order valence-corrected chi connectivity index (χ2v) is 5.62. The van der Waals surface area contributed by atoms with Crippen LogP contribution in [0.2, 0.25) is 0 Å². The topological polar surface area (TPSA) is 95.9 Å². The van der Waals surface area contributed by atoms with Crippen LogP contribution in [0.15, 0.2) is 42.5 Å². The molecule has 1 aliphatic heterocycles. The van der Waals surface area contributed by atoms with E-state index in [2.05, 4.69) is 5.32 Å². The third-order valence-electron chi connectivity index (χ3n) is 3.86. The third kappa shape index (κ3) is 3.45. The number of carbonyl (C=O) groups excluding carboxylic acids is 2. The number of nitrogens with one attached hydrogen (secondary N) is 1. The van der Waals surface area contributed by atoms with Gasteiger partial charge < -0.3 is 15.2 Å². The predicted molar refractivity (Wildman–Crippen MR) is 91.1 cm³/mol. The van der Waals surface area contributed by atoms with Crippen molar-refractivity contribution in [3.63, 3.8) is 0 Å². The van der Waals surface area contributed by atoms with Gasteiger partial charge in [-0.2, -0.15) is 0 Å². The number of hydrogen-bond acceptors (Lipinski definition) is 4. The van der Waals surface area contributed by atoms with Crippen molar-refractivity contribution < 1.29 is 24.2 Å². The fourth-order valence-electron chi connectivity index (χ4n) is 2.60. The van der Waals surface area contributed by atoms with Gasteiger partial charge >= 0.3 is 5.97 Å². The summed E-state index contributed by atoms with van der Waals surface area (Å²) < 4.78 is 5.34. The minimum atomic E-state index is -1.03. The number of benzene rings is 2. The highest BCUT2D eigenvalue weighted by atomic mass is 16.5. The van der Waals surface area contributed by atoms with Gasteiger partial charge in [0.25, 0.3) is 5.91 Å². The van der Waals surface area contributed by atoms with Gasteiger partial charge in [-0.05, 0) is 42.8 Å². The zero-order chi connectivity index (χ0) is 18.0.